The van der Waals surface area contributed by atoms with Gasteiger partial charge in [0.05, 0.1) is 0 Å². The summed E-state index contributed by atoms with van der Waals surface area (Å²) in [4.78, 5) is 0. The molecule has 0 saturated heterocycles. The fourth-order valence-corrected chi connectivity index (χ4v) is 0. The van der Waals surface area contributed by atoms with E-state index in [1.807, 2.05) is 0 Å². The van der Waals surface area contributed by atoms with Crippen molar-refractivity contribution in [2.75, 3.05) is 0 Å². The normalized spacial score (nSPS) is 8.29. The molecule has 4 nitrogen and oxygen atoms in total. The summed E-state index contributed by atoms with van der Waals surface area (Å²) in [6, 6.07) is 0. The zero-order valence-electron chi connectivity index (χ0n) is 2.47. The van der Waals surface area contributed by atoms with Crippen molar-refractivity contribution in [2.45, 2.75) is 0 Å². The van der Waals surface area contributed by atoms with Gasteiger partial charge in [-0.3, -0.25) is 9.11 Å². The van der Waals surface area contributed by atoms with Crippen LogP contribution >= 0.6 is 0 Å². The minimum Gasteiger partial charge on any atom is -0.264 e. The Morgan fingerprint density at radius 2 is 1.14 bits per heavy atom. The molecule has 0 aromatic carbocycles. The molecule has 0 aromatic heterocycles. The quantitative estimate of drug-likeness (QED) is 0.405. The zero-order valence-corrected chi connectivity index (χ0v) is 5.56. The topological polar surface area (TPSA) is 74.6 Å². The Hall–Kier alpha value is 1.73. The van der Waals surface area contributed by atoms with Crippen molar-refractivity contribution in [1.82, 2.24) is 0 Å². The molecule has 0 bridgehead atoms. The van der Waals surface area contributed by atoms with Crippen molar-refractivity contribution < 1.29 is 57.5 Å². The van der Waals surface area contributed by atoms with Gasteiger partial charge in [-0.05, 0) is 0 Å². The van der Waals surface area contributed by atoms with Crippen LogP contribution in [0.3, 0.4) is 0 Å². The number of hydrogen-bond donors (Lipinski definition) is 2. The summed E-state index contributed by atoms with van der Waals surface area (Å²) in [5.41, 5.74) is 0. The molecule has 0 unspecified atom stereocenters. The summed E-state index contributed by atoms with van der Waals surface area (Å²) in [7, 11) is -4.67. The molecule has 7 heteroatoms. The van der Waals surface area contributed by atoms with E-state index in [9.17, 15) is 0 Å². The van der Waals surface area contributed by atoms with Crippen LogP contribution in [0.25, 0.3) is 0 Å². The number of rotatable bonds is 0. The van der Waals surface area contributed by atoms with Gasteiger partial charge < -0.3 is 0 Å². The Bertz CT molecular complexity index is 94.9. The second-order valence-electron chi connectivity index (χ2n) is 0.448. The van der Waals surface area contributed by atoms with E-state index in [-0.39, 0.29) is 57.3 Å². The summed E-state index contributed by atoms with van der Waals surface area (Å²) < 4.78 is 31.6. The van der Waals surface area contributed by atoms with E-state index >= 15 is 0 Å². The molecule has 0 rings (SSSR count). The molecule has 0 saturated carbocycles. The third kappa shape index (κ3) is 85.0. The molecule has 46 valence electrons. The van der Waals surface area contributed by atoms with Gasteiger partial charge in [0.1, 0.15) is 0 Å². The minimum atomic E-state index is -4.67. The number of hydrogen-bond acceptors (Lipinski definition) is 2. The van der Waals surface area contributed by atoms with Gasteiger partial charge in [0.25, 0.3) is 0 Å². The molecular weight excluding hydrogens is 280 g/mol. The molecule has 0 radical (unpaired) electrons. The SMILES string of the molecule is O=S(=O)(O)O.[AlH3].[Gd]. The van der Waals surface area contributed by atoms with Gasteiger partial charge in [0, 0.05) is 39.9 Å². The van der Waals surface area contributed by atoms with Crippen LogP contribution in [0.4, 0.5) is 0 Å². The Balaban J connectivity index is -0.0000000800. The molecule has 0 aliphatic heterocycles. The van der Waals surface area contributed by atoms with E-state index < -0.39 is 10.4 Å². The van der Waals surface area contributed by atoms with Crippen molar-refractivity contribution in [3.8, 4) is 0 Å². The average molecular weight is 285 g/mol. The Labute approximate surface area is 84.1 Å². The van der Waals surface area contributed by atoms with Gasteiger partial charge in [-0.2, -0.15) is 8.42 Å². The van der Waals surface area contributed by atoms with E-state index in [4.69, 9.17) is 17.5 Å². The molecular formula is H5AlGdO4S. The first-order valence-corrected chi connectivity index (χ1v) is 2.10. The summed E-state index contributed by atoms with van der Waals surface area (Å²) >= 11 is 0. The smallest absolute Gasteiger partial charge is 0.264 e. The maximum Gasteiger partial charge on any atom is 0.394 e. The third-order valence-corrected chi connectivity index (χ3v) is 0. The standard InChI is InChI=1S/Al.Gd.H2O4S.3H/c;;1-5(2,3)4;;;/h;;(H2,1,2,3,4);;;. The van der Waals surface area contributed by atoms with Crippen molar-refractivity contribution in [2.24, 2.45) is 0 Å². The molecule has 7 heavy (non-hydrogen) atoms. The van der Waals surface area contributed by atoms with Crippen LogP contribution in [-0.2, 0) is 10.4 Å². The molecule has 0 aromatic rings. The van der Waals surface area contributed by atoms with E-state index in [2.05, 4.69) is 0 Å². The maximum absolute atomic E-state index is 8.74. The zero-order chi connectivity index (χ0) is 4.50. The summed E-state index contributed by atoms with van der Waals surface area (Å²) in [6.07, 6.45) is 0. The van der Waals surface area contributed by atoms with E-state index in [1.54, 1.807) is 0 Å². The van der Waals surface area contributed by atoms with Crippen LogP contribution in [0.15, 0.2) is 0 Å². The monoisotopic (exact) mass is 286 g/mol. The van der Waals surface area contributed by atoms with Gasteiger partial charge in [-0.15, -0.1) is 0 Å². The first-order chi connectivity index (χ1) is 2.00. The van der Waals surface area contributed by atoms with Gasteiger partial charge in [-0.25, -0.2) is 0 Å². The van der Waals surface area contributed by atoms with Crippen LogP contribution in [0.1, 0.15) is 0 Å². The second-order valence-corrected chi connectivity index (χ2v) is 1.34. The largest absolute Gasteiger partial charge is 0.394 e. The fourth-order valence-electron chi connectivity index (χ4n) is 0. The molecule has 0 spiro atoms. The second kappa shape index (κ2) is 5.86. The van der Waals surface area contributed by atoms with Gasteiger partial charge in [0.15, 0.2) is 17.4 Å². The van der Waals surface area contributed by atoms with Gasteiger partial charge >= 0.3 is 10.4 Å². The summed E-state index contributed by atoms with van der Waals surface area (Å²) in [6.45, 7) is 0. The van der Waals surface area contributed by atoms with Crippen molar-refractivity contribution in [3.05, 3.63) is 0 Å². The van der Waals surface area contributed by atoms with Crippen LogP contribution < -0.4 is 0 Å². The van der Waals surface area contributed by atoms with Gasteiger partial charge in [-0.1, -0.05) is 0 Å². The molecule has 0 fully saturated rings. The molecule has 0 aliphatic carbocycles. The van der Waals surface area contributed by atoms with Crippen molar-refractivity contribution >= 4 is 27.8 Å². The predicted octanol–water partition coefficient (Wildman–Crippen LogP) is -1.84. The van der Waals surface area contributed by atoms with E-state index in [1.165, 1.54) is 0 Å². The van der Waals surface area contributed by atoms with Crippen LogP contribution in [0.5, 0.6) is 0 Å². The first kappa shape index (κ1) is 15.9. The Morgan fingerprint density at radius 1 is 1.14 bits per heavy atom. The van der Waals surface area contributed by atoms with Crippen molar-refractivity contribution in [1.29, 1.82) is 0 Å². The van der Waals surface area contributed by atoms with Crippen molar-refractivity contribution in [3.63, 3.8) is 0 Å². The first-order valence-electron chi connectivity index (χ1n) is 0.698. The van der Waals surface area contributed by atoms with E-state index in [0.717, 1.165) is 0 Å². The fraction of sp³-hybridized carbons (Fsp3) is 0. The van der Waals surface area contributed by atoms with Gasteiger partial charge in [0.2, 0.25) is 0 Å². The summed E-state index contributed by atoms with van der Waals surface area (Å²) in [5, 5.41) is 0. The van der Waals surface area contributed by atoms with Crippen LogP contribution in [-0.4, -0.2) is 34.9 Å². The molecule has 0 aliphatic rings. The minimum absolute atomic E-state index is 0. The molecule has 2 N–H and O–H groups in total. The van der Waals surface area contributed by atoms with Crippen LogP contribution in [0, 0.1) is 39.9 Å². The Kier molecular flexibility index (Phi) is 13.3. The third-order valence-electron chi connectivity index (χ3n) is 0. The molecule has 0 amide bonds. The maximum atomic E-state index is 8.74. The molecule has 0 atom stereocenters. The average Bonchev–Trinajstić information content (AvgIpc) is 0.722. The summed E-state index contributed by atoms with van der Waals surface area (Å²) in [5.74, 6) is 0. The van der Waals surface area contributed by atoms with Crippen LogP contribution in [0.2, 0.25) is 0 Å². The molecule has 0 heterocycles. The Morgan fingerprint density at radius 3 is 1.14 bits per heavy atom. The van der Waals surface area contributed by atoms with E-state index in [0.29, 0.717) is 0 Å². The predicted molar refractivity (Wildman–Crippen MR) is 24.1 cm³/mol.